The fourth-order valence-corrected chi connectivity index (χ4v) is 4.11. The molecule has 1 aliphatic heterocycles. The smallest absolute Gasteiger partial charge is 0.407 e. The predicted molar refractivity (Wildman–Crippen MR) is 119 cm³/mol. The van der Waals surface area contributed by atoms with Crippen LogP contribution in [0.1, 0.15) is 24.8 Å². The van der Waals surface area contributed by atoms with Gasteiger partial charge in [0, 0.05) is 49.1 Å². The number of rotatable bonds is 5. The summed E-state index contributed by atoms with van der Waals surface area (Å²) in [6, 6.07) is 16.4. The molecular formula is C24H24N4O3. The average Bonchev–Trinajstić information content (AvgIpc) is 2.78. The van der Waals surface area contributed by atoms with Gasteiger partial charge in [-0.15, -0.1) is 0 Å². The molecule has 3 aromatic rings. The summed E-state index contributed by atoms with van der Waals surface area (Å²) in [5.74, 6) is 1.51. The van der Waals surface area contributed by atoms with Crippen LogP contribution in [-0.4, -0.2) is 51.3 Å². The molecular weight excluding hydrogens is 392 g/mol. The predicted octanol–water partition coefficient (Wildman–Crippen LogP) is 4.42. The minimum absolute atomic E-state index is 0.103. The maximum Gasteiger partial charge on any atom is 0.407 e. The molecule has 7 heteroatoms. The fourth-order valence-electron chi connectivity index (χ4n) is 4.11. The van der Waals surface area contributed by atoms with E-state index in [0.717, 1.165) is 40.7 Å². The second kappa shape index (κ2) is 8.26. The highest BCUT2D eigenvalue weighted by molar-refractivity contribution is 5.80. The second-order valence-electron chi connectivity index (χ2n) is 8.01. The third-order valence-electron chi connectivity index (χ3n) is 5.92. The van der Waals surface area contributed by atoms with E-state index < -0.39 is 6.09 Å². The summed E-state index contributed by atoms with van der Waals surface area (Å²) in [6.07, 6.45) is 5.35. The Bertz CT molecular complexity index is 1140. The van der Waals surface area contributed by atoms with Gasteiger partial charge >= 0.3 is 6.09 Å². The van der Waals surface area contributed by atoms with Gasteiger partial charge in [-0.1, -0.05) is 24.3 Å². The van der Waals surface area contributed by atoms with E-state index in [1.165, 1.54) is 4.90 Å². The fraction of sp³-hybridized carbons (Fsp3) is 0.292. The maximum atomic E-state index is 11.1. The first kappa shape index (κ1) is 19.4. The van der Waals surface area contributed by atoms with Crippen molar-refractivity contribution in [2.24, 2.45) is 0 Å². The normalized spacial score (nSPS) is 20.6. The lowest BCUT2D eigenvalue weighted by atomic mass is 9.89. The van der Waals surface area contributed by atoms with Gasteiger partial charge < -0.3 is 20.1 Å². The molecule has 1 amide bonds. The first-order valence-corrected chi connectivity index (χ1v) is 10.6. The summed E-state index contributed by atoms with van der Waals surface area (Å²) in [6.45, 7) is 0.886. The number of ether oxygens (including phenoxy) is 1. The van der Waals surface area contributed by atoms with Crippen LogP contribution >= 0.6 is 0 Å². The number of amides is 1. The van der Waals surface area contributed by atoms with Gasteiger partial charge in [-0.3, -0.25) is 0 Å². The van der Waals surface area contributed by atoms with Gasteiger partial charge in [0.25, 0.3) is 0 Å². The first-order valence-electron chi connectivity index (χ1n) is 10.6. The van der Waals surface area contributed by atoms with Crippen molar-refractivity contribution in [1.29, 1.82) is 0 Å². The molecule has 1 aliphatic carbocycles. The number of hydrogen-bond acceptors (Lipinski definition) is 5. The van der Waals surface area contributed by atoms with Crippen LogP contribution < -0.4 is 10.1 Å². The molecule has 158 valence electrons. The first-order chi connectivity index (χ1) is 15.2. The molecule has 1 fully saturated rings. The van der Waals surface area contributed by atoms with Crippen LogP contribution in [0.5, 0.6) is 5.88 Å². The monoisotopic (exact) mass is 416 g/mol. The highest BCUT2D eigenvalue weighted by Crippen LogP contribution is 2.33. The van der Waals surface area contributed by atoms with Crippen LogP contribution in [0.3, 0.4) is 0 Å². The molecule has 2 aromatic heterocycles. The molecule has 1 aromatic carbocycles. The Kier molecular flexibility index (Phi) is 5.16. The van der Waals surface area contributed by atoms with Crippen molar-refractivity contribution in [2.75, 3.05) is 18.4 Å². The molecule has 1 saturated carbocycles. The van der Waals surface area contributed by atoms with Crippen molar-refractivity contribution in [3.63, 3.8) is 0 Å². The highest BCUT2D eigenvalue weighted by atomic mass is 16.5. The topological polar surface area (TPSA) is 87.6 Å². The Balaban J connectivity index is 1.20. The maximum absolute atomic E-state index is 11.1. The summed E-state index contributed by atoms with van der Waals surface area (Å²) in [5.41, 5.74) is 3.04. The van der Waals surface area contributed by atoms with Gasteiger partial charge in [0.1, 0.15) is 11.9 Å². The van der Waals surface area contributed by atoms with Gasteiger partial charge in [-0.2, -0.15) is 0 Å². The number of hydrogen-bond donors (Lipinski definition) is 2. The Labute approximate surface area is 180 Å². The number of nitrogens with one attached hydrogen (secondary N) is 1. The Morgan fingerprint density at radius 2 is 2.00 bits per heavy atom. The van der Waals surface area contributed by atoms with Crippen molar-refractivity contribution in [3.8, 4) is 5.88 Å². The number of carboxylic acid groups (broad SMARTS) is 1. The SMILES string of the molecule is O=C(O)N1CC=C(c2cccnc2O[C@H]2C[C@H](Nc3ccc4ccccc4n3)C2)CC1. The zero-order chi connectivity index (χ0) is 21.2. The number of carbonyl (C=O) groups is 1. The summed E-state index contributed by atoms with van der Waals surface area (Å²) in [4.78, 5) is 21.7. The summed E-state index contributed by atoms with van der Waals surface area (Å²) >= 11 is 0. The number of pyridine rings is 2. The van der Waals surface area contributed by atoms with Crippen molar-refractivity contribution in [1.82, 2.24) is 14.9 Å². The molecule has 0 spiro atoms. The van der Waals surface area contributed by atoms with Crippen molar-refractivity contribution < 1.29 is 14.6 Å². The molecule has 3 heterocycles. The number of nitrogens with zero attached hydrogens (tertiary/aromatic N) is 3. The van der Waals surface area contributed by atoms with Crippen LogP contribution in [0, 0.1) is 0 Å². The molecule has 5 rings (SSSR count). The van der Waals surface area contributed by atoms with E-state index in [9.17, 15) is 4.79 Å². The van der Waals surface area contributed by atoms with E-state index in [2.05, 4.69) is 27.4 Å². The van der Waals surface area contributed by atoms with E-state index in [-0.39, 0.29) is 6.10 Å². The van der Waals surface area contributed by atoms with Crippen LogP contribution in [0.15, 0.2) is 60.8 Å². The largest absolute Gasteiger partial charge is 0.474 e. The van der Waals surface area contributed by atoms with Crippen LogP contribution in [0.4, 0.5) is 10.6 Å². The summed E-state index contributed by atoms with van der Waals surface area (Å²) < 4.78 is 6.20. The van der Waals surface area contributed by atoms with Crippen LogP contribution in [0.2, 0.25) is 0 Å². The van der Waals surface area contributed by atoms with Crippen molar-refractivity contribution in [3.05, 3.63) is 66.4 Å². The number of benzene rings is 1. The number of anilines is 1. The van der Waals surface area contributed by atoms with Crippen molar-refractivity contribution >= 4 is 28.4 Å². The quantitative estimate of drug-likeness (QED) is 0.640. The third-order valence-corrected chi connectivity index (χ3v) is 5.92. The molecule has 2 aliphatic rings. The van der Waals surface area contributed by atoms with Gasteiger partial charge in [0.15, 0.2) is 0 Å². The molecule has 0 unspecified atom stereocenters. The van der Waals surface area contributed by atoms with E-state index in [4.69, 9.17) is 9.84 Å². The molecule has 2 N–H and O–H groups in total. The highest BCUT2D eigenvalue weighted by Gasteiger charge is 2.32. The van der Waals surface area contributed by atoms with Crippen LogP contribution in [0.25, 0.3) is 16.5 Å². The Hall–Kier alpha value is -3.61. The minimum atomic E-state index is -0.883. The van der Waals surface area contributed by atoms with Gasteiger partial charge in [-0.25, -0.2) is 14.8 Å². The lowest BCUT2D eigenvalue weighted by Gasteiger charge is -2.36. The van der Waals surface area contributed by atoms with Gasteiger partial charge in [0.05, 0.1) is 5.52 Å². The number of para-hydroxylation sites is 1. The zero-order valence-corrected chi connectivity index (χ0v) is 17.1. The number of aromatic nitrogens is 2. The van der Waals surface area contributed by atoms with Crippen molar-refractivity contribution in [2.45, 2.75) is 31.4 Å². The lowest BCUT2D eigenvalue weighted by molar-refractivity contribution is 0.102. The Morgan fingerprint density at radius 3 is 2.81 bits per heavy atom. The standard InChI is InChI=1S/C24H24N4O3/c29-24(30)28-12-9-16(10-13-28)20-5-3-11-25-23(20)31-19-14-18(15-19)26-22-8-7-17-4-1-2-6-21(17)27-22/h1-9,11,18-19H,10,12-15H2,(H,26,27)(H,29,30)/t18-,19-. The van der Waals surface area contributed by atoms with E-state index in [1.54, 1.807) is 6.20 Å². The molecule has 31 heavy (non-hydrogen) atoms. The minimum Gasteiger partial charge on any atom is -0.474 e. The molecule has 0 radical (unpaired) electrons. The average molecular weight is 416 g/mol. The van der Waals surface area contributed by atoms with Gasteiger partial charge in [0.2, 0.25) is 5.88 Å². The number of fused-ring (bicyclic) bond motifs is 1. The molecule has 0 atom stereocenters. The van der Waals surface area contributed by atoms with E-state index in [0.29, 0.717) is 31.4 Å². The van der Waals surface area contributed by atoms with E-state index in [1.807, 2.05) is 42.5 Å². The Morgan fingerprint density at radius 1 is 1.13 bits per heavy atom. The zero-order valence-electron chi connectivity index (χ0n) is 17.1. The molecule has 0 bridgehead atoms. The molecule has 0 saturated heterocycles. The van der Waals surface area contributed by atoms with Crippen LogP contribution in [-0.2, 0) is 0 Å². The third kappa shape index (κ3) is 4.17. The van der Waals surface area contributed by atoms with E-state index >= 15 is 0 Å². The summed E-state index contributed by atoms with van der Waals surface area (Å²) in [5, 5.41) is 13.8. The molecule has 7 nitrogen and oxygen atoms in total. The summed E-state index contributed by atoms with van der Waals surface area (Å²) in [7, 11) is 0. The lowest BCUT2D eigenvalue weighted by Crippen LogP contribution is -2.43. The second-order valence-corrected chi connectivity index (χ2v) is 8.01. The van der Waals surface area contributed by atoms with Gasteiger partial charge in [-0.05, 0) is 42.3 Å².